The minimum absolute atomic E-state index is 0.0473. The molecule has 1 saturated carbocycles. The molecule has 2 atom stereocenters. The van der Waals surface area contributed by atoms with Crippen LogP contribution in [-0.2, 0) is 6.54 Å². The summed E-state index contributed by atoms with van der Waals surface area (Å²) in [5, 5.41) is 12.0. The van der Waals surface area contributed by atoms with Gasteiger partial charge >= 0.3 is 0 Å². The highest BCUT2D eigenvalue weighted by atomic mass is 32.1. The maximum atomic E-state index is 12.3. The molecule has 0 amide bonds. The normalized spacial score (nSPS) is 22.5. The van der Waals surface area contributed by atoms with Crippen molar-refractivity contribution in [3.8, 4) is 0 Å². The van der Waals surface area contributed by atoms with Crippen LogP contribution in [0, 0.1) is 5.92 Å². The maximum absolute atomic E-state index is 12.3. The first-order valence-electron chi connectivity index (χ1n) is 7.94. The van der Waals surface area contributed by atoms with Crippen LogP contribution >= 0.6 is 11.3 Å². The standard InChI is InChI=1S/C16H23N3O2S/c1-18(10-12-4-2-3-5-14(12)20)7-8-19-11-17-13-6-9-22-15(13)16(19)21/h6,9,11-12,14,20H,2-5,7-8,10H2,1H3. The average molecular weight is 321 g/mol. The van der Waals surface area contributed by atoms with Crippen LogP contribution < -0.4 is 5.56 Å². The van der Waals surface area contributed by atoms with Crippen molar-refractivity contribution in [2.24, 2.45) is 5.92 Å². The third-order valence-corrected chi connectivity index (χ3v) is 5.47. The summed E-state index contributed by atoms with van der Waals surface area (Å²) >= 11 is 1.45. The van der Waals surface area contributed by atoms with Gasteiger partial charge in [-0.3, -0.25) is 9.36 Å². The Bertz CT molecular complexity index is 681. The average Bonchev–Trinajstić information content (AvgIpc) is 2.98. The van der Waals surface area contributed by atoms with E-state index < -0.39 is 0 Å². The first kappa shape index (κ1) is 15.6. The van der Waals surface area contributed by atoms with Crippen LogP contribution in [0.2, 0.25) is 0 Å². The molecule has 2 aromatic heterocycles. The second-order valence-corrected chi connectivity index (χ2v) is 7.17. The molecule has 2 heterocycles. The Kier molecular flexibility index (Phi) is 4.90. The SMILES string of the molecule is CN(CCn1cnc2ccsc2c1=O)CC1CCCCC1O. The second kappa shape index (κ2) is 6.89. The summed E-state index contributed by atoms with van der Waals surface area (Å²) in [5.41, 5.74) is 0.830. The van der Waals surface area contributed by atoms with Crippen LogP contribution in [-0.4, -0.2) is 45.8 Å². The van der Waals surface area contributed by atoms with Gasteiger partial charge in [0.05, 0.1) is 17.9 Å². The van der Waals surface area contributed by atoms with E-state index in [2.05, 4.69) is 16.9 Å². The molecule has 6 heteroatoms. The highest BCUT2D eigenvalue weighted by Crippen LogP contribution is 2.24. The minimum atomic E-state index is -0.164. The van der Waals surface area contributed by atoms with Crippen LogP contribution in [0.15, 0.2) is 22.6 Å². The van der Waals surface area contributed by atoms with E-state index in [1.807, 2.05) is 11.4 Å². The smallest absolute Gasteiger partial charge is 0.271 e. The number of likely N-dealkylation sites (N-methyl/N-ethyl adjacent to an activating group) is 1. The van der Waals surface area contributed by atoms with E-state index in [-0.39, 0.29) is 11.7 Å². The molecule has 0 bridgehead atoms. The summed E-state index contributed by atoms with van der Waals surface area (Å²) in [6, 6.07) is 1.88. The minimum Gasteiger partial charge on any atom is -0.393 e. The summed E-state index contributed by atoms with van der Waals surface area (Å²) in [6.45, 7) is 2.32. The Morgan fingerprint density at radius 2 is 2.27 bits per heavy atom. The first-order valence-corrected chi connectivity index (χ1v) is 8.82. The number of rotatable bonds is 5. The molecule has 1 N–H and O–H groups in total. The zero-order valence-electron chi connectivity index (χ0n) is 12.9. The number of thiophene rings is 1. The fourth-order valence-electron chi connectivity index (χ4n) is 3.21. The van der Waals surface area contributed by atoms with Gasteiger partial charge in [-0.1, -0.05) is 12.8 Å². The van der Waals surface area contributed by atoms with Gasteiger partial charge in [-0.25, -0.2) is 4.98 Å². The summed E-state index contributed by atoms with van der Waals surface area (Å²) in [4.78, 5) is 18.9. The summed E-state index contributed by atoms with van der Waals surface area (Å²) in [6.07, 6.45) is 5.87. The monoisotopic (exact) mass is 321 g/mol. The van der Waals surface area contributed by atoms with Crippen molar-refractivity contribution in [3.05, 3.63) is 28.1 Å². The third-order valence-electron chi connectivity index (χ3n) is 4.57. The highest BCUT2D eigenvalue weighted by molar-refractivity contribution is 7.17. The first-order chi connectivity index (χ1) is 10.6. The van der Waals surface area contributed by atoms with Crippen molar-refractivity contribution < 1.29 is 5.11 Å². The van der Waals surface area contributed by atoms with E-state index in [0.717, 1.165) is 42.6 Å². The van der Waals surface area contributed by atoms with Gasteiger partial charge in [0.15, 0.2) is 0 Å². The quantitative estimate of drug-likeness (QED) is 0.914. The number of hydrogen-bond donors (Lipinski definition) is 1. The Balaban J connectivity index is 1.58. The molecule has 2 unspecified atom stereocenters. The van der Waals surface area contributed by atoms with Crippen LogP contribution in [0.4, 0.5) is 0 Å². The number of aliphatic hydroxyl groups is 1. The molecular weight excluding hydrogens is 298 g/mol. The number of hydrogen-bond acceptors (Lipinski definition) is 5. The lowest BCUT2D eigenvalue weighted by molar-refractivity contribution is 0.0509. The van der Waals surface area contributed by atoms with Crippen molar-refractivity contribution in [3.63, 3.8) is 0 Å². The molecule has 2 aromatic rings. The van der Waals surface area contributed by atoms with E-state index in [1.54, 1.807) is 10.9 Å². The van der Waals surface area contributed by atoms with Crippen LogP contribution in [0.25, 0.3) is 10.2 Å². The van der Waals surface area contributed by atoms with E-state index >= 15 is 0 Å². The summed E-state index contributed by atoms with van der Waals surface area (Å²) in [5.74, 6) is 0.369. The van der Waals surface area contributed by atoms with E-state index in [4.69, 9.17) is 0 Å². The number of nitrogens with zero attached hydrogens (tertiary/aromatic N) is 3. The lowest BCUT2D eigenvalue weighted by Crippen LogP contribution is -2.37. The molecule has 5 nitrogen and oxygen atoms in total. The molecule has 0 spiro atoms. The van der Waals surface area contributed by atoms with Crippen LogP contribution in [0.3, 0.4) is 0 Å². The van der Waals surface area contributed by atoms with Gasteiger partial charge in [-0.2, -0.15) is 0 Å². The van der Waals surface area contributed by atoms with Crippen molar-refractivity contribution in [2.75, 3.05) is 20.1 Å². The number of fused-ring (bicyclic) bond motifs is 1. The Hall–Kier alpha value is -1.24. The maximum Gasteiger partial charge on any atom is 0.271 e. The van der Waals surface area contributed by atoms with Crippen LogP contribution in [0.5, 0.6) is 0 Å². The van der Waals surface area contributed by atoms with E-state index in [1.165, 1.54) is 17.8 Å². The van der Waals surface area contributed by atoms with Gasteiger partial charge in [-0.15, -0.1) is 11.3 Å². The molecule has 1 aliphatic carbocycles. The molecule has 120 valence electrons. The zero-order valence-corrected chi connectivity index (χ0v) is 13.8. The molecule has 3 rings (SSSR count). The van der Waals surface area contributed by atoms with E-state index in [9.17, 15) is 9.90 Å². The molecule has 1 fully saturated rings. The van der Waals surface area contributed by atoms with Crippen molar-refractivity contribution in [1.82, 2.24) is 14.5 Å². The Morgan fingerprint density at radius 3 is 3.09 bits per heavy atom. The zero-order chi connectivity index (χ0) is 15.5. The molecule has 0 radical (unpaired) electrons. The molecule has 0 aliphatic heterocycles. The molecular formula is C16H23N3O2S. The predicted octanol–water partition coefficient (Wildman–Crippen LogP) is 1.94. The largest absolute Gasteiger partial charge is 0.393 e. The lowest BCUT2D eigenvalue weighted by Gasteiger charge is -2.31. The van der Waals surface area contributed by atoms with E-state index in [0.29, 0.717) is 12.5 Å². The van der Waals surface area contributed by atoms with Gasteiger partial charge in [0.25, 0.3) is 5.56 Å². The Morgan fingerprint density at radius 1 is 1.45 bits per heavy atom. The summed E-state index contributed by atoms with van der Waals surface area (Å²) in [7, 11) is 2.06. The van der Waals surface area contributed by atoms with Crippen molar-refractivity contribution >= 4 is 21.6 Å². The fraction of sp³-hybridized carbons (Fsp3) is 0.625. The Labute approximate surface area is 134 Å². The van der Waals surface area contributed by atoms with Gasteiger partial charge in [-0.05, 0) is 37.3 Å². The van der Waals surface area contributed by atoms with Gasteiger partial charge in [0.1, 0.15) is 4.70 Å². The van der Waals surface area contributed by atoms with Crippen molar-refractivity contribution in [2.45, 2.75) is 38.3 Å². The van der Waals surface area contributed by atoms with Gasteiger partial charge in [0, 0.05) is 19.6 Å². The molecule has 0 saturated heterocycles. The summed E-state index contributed by atoms with van der Waals surface area (Å²) < 4.78 is 2.42. The second-order valence-electron chi connectivity index (χ2n) is 6.25. The van der Waals surface area contributed by atoms with Gasteiger partial charge < -0.3 is 10.0 Å². The van der Waals surface area contributed by atoms with Crippen molar-refractivity contribution in [1.29, 1.82) is 0 Å². The highest BCUT2D eigenvalue weighted by Gasteiger charge is 2.23. The molecule has 0 aromatic carbocycles. The number of aliphatic hydroxyl groups excluding tert-OH is 1. The lowest BCUT2D eigenvalue weighted by atomic mass is 9.86. The van der Waals surface area contributed by atoms with Gasteiger partial charge in [0.2, 0.25) is 0 Å². The topological polar surface area (TPSA) is 58.4 Å². The van der Waals surface area contributed by atoms with Crippen LogP contribution in [0.1, 0.15) is 25.7 Å². The third kappa shape index (κ3) is 3.39. The predicted molar refractivity (Wildman–Crippen MR) is 89.3 cm³/mol. The number of aromatic nitrogens is 2. The molecule has 22 heavy (non-hydrogen) atoms. The fourth-order valence-corrected chi connectivity index (χ4v) is 4.00. The molecule has 1 aliphatic rings.